The Morgan fingerprint density at radius 2 is 1.30 bits per heavy atom. The first kappa shape index (κ1) is 9.54. The van der Waals surface area contributed by atoms with E-state index in [2.05, 4.69) is 0 Å². The van der Waals surface area contributed by atoms with Crippen molar-refractivity contribution in [3.8, 4) is 0 Å². The fourth-order valence-corrected chi connectivity index (χ4v) is 0.239. The van der Waals surface area contributed by atoms with Crippen molar-refractivity contribution >= 4 is 0 Å². The van der Waals surface area contributed by atoms with Gasteiger partial charge in [0, 0.05) is 0 Å². The molecule has 0 bridgehead atoms. The molecule has 0 saturated carbocycles. The van der Waals surface area contributed by atoms with E-state index in [-0.39, 0.29) is 0 Å². The van der Waals surface area contributed by atoms with Gasteiger partial charge in [0.25, 0.3) is 0 Å². The van der Waals surface area contributed by atoms with Crippen LogP contribution in [0.5, 0.6) is 0 Å². The summed E-state index contributed by atoms with van der Waals surface area (Å²) in [5.74, 6) is 0. The molecule has 62 valence electrons. The smallest absolute Gasteiger partial charge is 0.294 e. The maximum absolute atomic E-state index is 11.5. The van der Waals surface area contributed by atoms with Crippen LogP contribution in [-0.2, 0) is 0 Å². The lowest BCUT2D eigenvalue weighted by atomic mass is 10.3. The van der Waals surface area contributed by atoms with Gasteiger partial charge < -0.3 is 0 Å². The maximum atomic E-state index is 11.5. The zero-order valence-electron chi connectivity index (χ0n) is 4.55. The number of alkyl halides is 6. The van der Waals surface area contributed by atoms with E-state index in [1.165, 1.54) is 0 Å². The average molecular weight is 168 g/mol. The van der Waals surface area contributed by atoms with Gasteiger partial charge in [-0.25, -0.2) is 4.39 Å². The Morgan fingerprint density at radius 3 is 1.30 bits per heavy atom. The van der Waals surface area contributed by atoms with Crippen LogP contribution in [0.1, 0.15) is 0 Å². The highest BCUT2D eigenvalue weighted by Crippen LogP contribution is 2.30. The molecule has 1 unspecified atom stereocenters. The van der Waals surface area contributed by atoms with Gasteiger partial charge in [-0.2, -0.15) is 13.2 Å². The predicted octanol–water partition coefficient (Wildman–Crippen LogP) is 0.721. The third kappa shape index (κ3) is 2.42. The molecule has 0 aromatic rings. The SMILES string of the molecule is [NH3+]C(F)(F)C(F)C(F)(F)F. The number of quaternary nitrogens is 1. The van der Waals surface area contributed by atoms with Gasteiger partial charge in [-0.1, -0.05) is 0 Å². The van der Waals surface area contributed by atoms with Gasteiger partial charge in [0.2, 0.25) is 0 Å². The van der Waals surface area contributed by atoms with Crippen molar-refractivity contribution in [3.63, 3.8) is 0 Å². The van der Waals surface area contributed by atoms with E-state index >= 15 is 0 Å². The molecule has 0 aliphatic heterocycles. The van der Waals surface area contributed by atoms with E-state index in [9.17, 15) is 26.3 Å². The van der Waals surface area contributed by atoms with E-state index in [1.807, 2.05) is 0 Å². The van der Waals surface area contributed by atoms with Crippen LogP contribution in [0.4, 0.5) is 26.3 Å². The van der Waals surface area contributed by atoms with Gasteiger partial charge in [-0.05, 0) is 0 Å². The fraction of sp³-hybridized carbons (Fsp3) is 1.00. The second-order valence-electron chi connectivity index (χ2n) is 1.67. The first-order valence-electron chi connectivity index (χ1n) is 2.09. The third-order valence-corrected chi connectivity index (χ3v) is 0.658. The molecular weight excluding hydrogens is 164 g/mol. The summed E-state index contributed by atoms with van der Waals surface area (Å²) < 4.78 is 67.4. The molecule has 0 rings (SSSR count). The summed E-state index contributed by atoms with van der Waals surface area (Å²) in [6, 6.07) is -4.60. The Hall–Kier alpha value is -0.460. The molecule has 10 heavy (non-hydrogen) atoms. The minimum Gasteiger partial charge on any atom is -0.294 e. The summed E-state index contributed by atoms with van der Waals surface area (Å²) in [5, 5.41) is 0. The Morgan fingerprint density at radius 1 is 1.00 bits per heavy atom. The molecule has 0 fully saturated rings. The summed E-state index contributed by atoms with van der Waals surface area (Å²) in [7, 11) is 0. The average Bonchev–Trinajstić information content (AvgIpc) is 1.59. The molecule has 1 atom stereocenters. The highest BCUT2D eigenvalue weighted by molar-refractivity contribution is 4.71. The van der Waals surface area contributed by atoms with Crippen LogP contribution in [0.25, 0.3) is 0 Å². The maximum Gasteiger partial charge on any atom is 0.432 e. The first-order valence-corrected chi connectivity index (χ1v) is 2.09. The molecule has 0 heterocycles. The fourth-order valence-electron chi connectivity index (χ4n) is 0.239. The normalized spacial score (nSPS) is 17.1. The van der Waals surface area contributed by atoms with Crippen LogP contribution >= 0.6 is 0 Å². The van der Waals surface area contributed by atoms with Gasteiger partial charge in [0.15, 0.2) is 0 Å². The van der Waals surface area contributed by atoms with E-state index in [1.54, 1.807) is 5.73 Å². The minimum atomic E-state index is -5.54. The van der Waals surface area contributed by atoms with Crippen LogP contribution in [0.2, 0.25) is 0 Å². The molecule has 0 aromatic carbocycles. The highest BCUT2D eigenvalue weighted by atomic mass is 19.4. The summed E-state index contributed by atoms with van der Waals surface area (Å²) in [4.78, 5) is 0. The number of hydrogen-bond acceptors (Lipinski definition) is 0. The summed E-state index contributed by atoms with van der Waals surface area (Å²) in [6.07, 6.45) is -9.72. The first-order chi connectivity index (χ1) is 4.15. The number of hydrogen-bond donors (Lipinski definition) is 1. The number of halogens is 6. The number of rotatable bonds is 1. The molecule has 0 aliphatic rings. The Labute approximate surface area is 51.8 Å². The van der Waals surface area contributed by atoms with Gasteiger partial charge >= 0.3 is 18.4 Å². The largest absolute Gasteiger partial charge is 0.432 e. The highest BCUT2D eigenvalue weighted by Gasteiger charge is 2.58. The Kier molecular flexibility index (Phi) is 2.19. The molecule has 0 spiro atoms. The second kappa shape index (κ2) is 2.30. The zero-order chi connectivity index (χ0) is 8.58. The molecule has 7 heteroatoms. The van der Waals surface area contributed by atoms with E-state index in [4.69, 9.17) is 0 Å². The van der Waals surface area contributed by atoms with Gasteiger partial charge in [-0.3, -0.25) is 5.73 Å². The molecule has 0 saturated heterocycles. The van der Waals surface area contributed by atoms with Gasteiger partial charge in [-0.15, -0.1) is 8.78 Å². The molecule has 0 aliphatic carbocycles. The topological polar surface area (TPSA) is 27.6 Å². The van der Waals surface area contributed by atoms with Crippen molar-refractivity contribution in [1.82, 2.24) is 0 Å². The third-order valence-electron chi connectivity index (χ3n) is 0.658. The van der Waals surface area contributed by atoms with Crippen molar-refractivity contribution in [2.45, 2.75) is 18.4 Å². The molecule has 0 aromatic heterocycles. The Bertz CT molecular complexity index is 97.1. The molecule has 0 amide bonds. The summed E-state index contributed by atoms with van der Waals surface area (Å²) in [6.45, 7) is 0. The molecule has 1 nitrogen and oxygen atoms in total. The predicted molar refractivity (Wildman–Crippen MR) is 18.8 cm³/mol. The molecule has 0 radical (unpaired) electrons. The van der Waals surface area contributed by atoms with Crippen LogP contribution < -0.4 is 5.73 Å². The standard InChI is InChI=1S/C3H3F6N/c4-1(2(5,6)7)3(8,9)10/h1H,10H2/p+1. The van der Waals surface area contributed by atoms with Crippen molar-refractivity contribution < 1.29 is 32.1 Å². The molecule has 3 N–H and O–H groups in total. The van der Waals surface area contributed by atoms with Crippen molar-refractivity contribution in [3.05, 3.63) is 0 Å². The Balaban J connectivity index is 4.23. The lowest BCUT2D eigenvalue weighted by Gasteiger charge is -2.14. The van der Waals surface area contributed by atoms with Crippen LogP contribution in [0.15, 0.2) is 0 Å². The van der Waals surface area contributed by atoms with E-state index < -0.39 is 18.4 Å². The van der Waals surface area contributed by atoms with Gasteiger partial charge in [0.05, 0.1) is 0 Å². The van der Waals surface area contributed by atoms with Crippen LogP contribution in [0.3, 0.4) is 0 Å². The minimum absolute atomic E-state index is 1.71. The van der Waals surface area contributed by atoms with Crippen molar-refractivity contribution in [1.29, 1.82) is 0 Å². The summed E-state index contributed by atoms with van der Waals surface area (Å²) >= 11 is 0. The van der Waals surface area contributed by atoms with Gasteiger partial charge in [0.1, 0.15) is 0 Å². The van der Waals surface area contributed by atoms with E-state index in [0.717, 1.165) is 0 Å². The van der Waals surface area contributed by atoms with E-state index in [0.29, 0.717) is 0 Å². The lowest BCUT2D eigenvalue weighted by Crippen LogP contribution is -2.74. The van der Waals surface area contributed by atoms with Crippen LogP contribution in [0, 0.1) is 0 Å². The van der Waals surface area contributed by atoms with Crippen LogP contribution in [-0.4, -0.2) is 18.4 Å². The molecular formula is C3H4F6N+. The quantitative estimate of drug-likeness (QED) is 0.441. The second-order valence-corrected chi connectivity index (χ2v) is 1.67. The van der Waals surface area contributed by atoms with Crippen molar-refractivity contribution in [2.24, 2.45) is 0 Å². The van der Waals surface area contributed by atoms with Crippen molar-refractivity contribution in [2.75, 3.05) is 0 Å². The summed E-state index contributed by atoms with van der Waals surface area (Å²) in [5.41, 5.74) is 1.71. The monoisotopic (exact) mass is 168 g/mol. The lowest BCUT2D eigenvalue weighted by molar-refractivity contribution is -0.595. The zero-order valence-corrected chi connectivity index (χ0v) is 4.55.